The van der Waals surface area contributed by atoms with Crippen molar-refractivity contribution in [3.63, 3.8) is 0 Å². The number of carboxylic acid groups (broad SMARTS) is 1. The van der Waals surface area contributed by atoms with Crippen LogP contribution in [0.1, 0.15) is 20.2 Å². The molecule has 0 amide bonds. The second-order valence-electron chi connectivity index (χ2n) is 3.62. The van der Waals surface area contributed by atoms with E-state index >= 15 is 0 Å². The number of nitrogens with one attached hydrogen (secondary N) is 1. The Bertz CT molecular complexity index is 565. The Morgan fingerprint density at radius 2 is 2.28 bits per heavy atom. The summed E-state index contributed by atoms with van der Waals surface area (Å²) in [4.78, 5) is 16.5. The second kappa shape index (κ2) is 5.69. The molecule has 7 heteroatoms. The van der Waals surface area contributed by atoms with Crippen LogP contribution in [0.2, 0.25) is 4.34 Å². The predicted octanol–water partition coefficient (Wildman–Crippen LogP) is 3.52. The first-order chi connectivity index (χ1) is 8.56. The van der Waals surface area contributed by atoms with Crippen molar-refractivity contribution in [2.45, 2.75) is 13.3 Å². The maximum atomic E-state index is 10.9. The molecule has 0 atom stereocenters. The molecule has 0 aromatic carbocycles. The van der Waals surface area contributed by atoms with Crippen molar-refractivity contribution in [1.29, 1.82) is 0 Å². The van der Waals surface area contributed by atoms with Gasteiger partial charge in [-0.25, -0.2) is 9.78 Å². The van der Waals surface area contributed by atoms with E-state index in [1.54, 1.807) is 18.3 Å². The number of carbonyl (C=O) groups is 1. The van der Waals surface area contributed by atoms with E-state index in [0.29, 0.717) is 17.4 Å². The highest BCUT2D eigenvalue weighted by atomic mass is 35.5. The minimum absolute atomic E-state index is 0.289. The third-order valence-corrected chi connectivity index (χ3v) is 4.66. The van der Waals surface area contributed by atoms with E-state index in [2.05, 4.69) is 10.3 Å². The molecular formula is C11H11ClN2O2S2. The molecule has 0 radical (unpaired) electrons. The fourth-order valence-corrected chi connectivity index (χ4v) is 3.37. The number of anilines is 1. The first kappa shape index (κ1) is 13.3. The molecule has 18 heavy (non-hydrogen) atoms. The molecule has 0 aliphatic rings. The van der Waals surface area contributed by atoms with Gasteiger partial charge in [-0.2, -0.15) is 0 Å². The summed E-state index contributed by atoms with van der Waals surface area (Å²) in [6, 6.07) is 3.86. The molecule has 0 unspecified atom stereocenters. The Morgan fingerprint density at radius 3 is 2.83 bits per heavy atom. The average Bonchev–Trinajstić information content (AvgIpc) is 2.85. The van der Waals surface area contributed by atoms with Crippen LogP contribution in [0.5, 0.6) is 0 Å². The summed E-state index contributed by atoms with van der Waals surface area (Å²) in [6.07, 6.45) is 0.846. The van der Waals surface area contributed by atoms with Gasteiger partial charge in [0.05, 0.1) is 10.0 Å². The Morgan fingerprint density at radius 1 is 1.50 bits per heavy atom. The lowest BCUT2D eigenvalue weighted by Crippen LogP contribution is -2.03. The summed E-state index contributed by atoms with van der Waals surface area (Å²) in [5.41, 5.74) is 0.550. The zero-order valence-corrected chi connectivity index (χ0v) is 12.0. The lowest BCUT2D eigenvalue weighted by Gasteiger charge is -1.99. The smallest absolute Gasteiger partial charge is 0.347 e. The predicted molar refractivity (Wildman–Crippen MR) is 75.3 cm³/mol. The lowest BCUT2D eigenvalue weighted by molar-refractivity contribution is 0.0701. The molecule has 0 saturated heterocycles. The SMILES string of the molecule is Cc1nc(NCCc2ccc(Cl)s2)sc1C(=O)O. The van der Waals surface area contributed by atoms with Crippen LogP contribution in [0.15, 0.2) is 12.1 Å². The van der Waals surface area contributed by atoms with E-state index in [1.807, 2.05) is 12.1 Å². The molecule has 2 heterocycles. The van der Waals surface area contributed by atoms with Gasteiger partial charge in [0, 0.05) is 11.4 Å². The van der Waals surface area contributed by atoms with Crippen molar-refractivity contribution >= 4 is 45.4 Å². The number of halogens is 1. The van der Waals surface area contributed by atoms with Gasteiger partial charge < -0.3 is 10.4 Å². The molecule has 0 aliphatic heterocycles. The summed E-state index contributed by atoms with van der Waals surface area (Å²) in [6.45, 7) is 2.41. The van der Waals surface area contributed by atoms with Gasteiger partial charge in [0.2, 0.25) is 0 Å². The summed E-state index contributed by atoms with van der Waals surface area (Å²) in [5, 5.41) is 12.7. The number of aryl methyl sites for hydroxylation is 1. The van der Waals surface area contributed by atoms with Gasteiger partial charge in [-0.15, -0.1) is 11.3 Å². The normalized spacial score (nSPS) is 10.6. The van der Waals surface area contributed by atoms with Crippen LogP contribution in [-0.2, 0) is 6.42 Å². The van der Waals surface area contributed by atoms with E-state index in [9.17, 15) is 4.79 Å². The highest BCUT2D eigenvalue weighted by molar-refractivity contribution is 7.17. The van der Waals surface area contributed by atoms with Gasteiger partial charge in [-0.1, -0.05) is 22.9 Å². The highest BCUT2D eigenvalue weighted by Crippen LogP contribution is 2.24. The van der Waals surface area contributed by atoms with Crippen LogP contribution in [0.4, 0.5) is 5.13 Å². The van der Waals surface area contributed by atoms with Crippen LogP contribution >= 0.6 is 34.3 Å². The van der Waals surface area contributed by atoms with Gasteiger partial charge >= 0.3 is 5.97 Å². The van der Waals surface area contributed by atoms with E-state index in [0.717, 1.165) is 22.1 Å². The fourth-order valence-electron chi connectivity index (χ4n) is 1.45. The van der Waals surface area contributed by atoms with Crippen molar-refractivity contribution in [1.82, 2.24) is 4.98 Å². The van der Waals surface area contributed by atoms with Gasteiger partial charge in [-0.3, -0.25) is 0 Å². The van der Waals surface area contributed by atoms with E-state index in [-0.39, 0.29) is 4.88 Å². The highest BCUT2D eigenvalue weighted by Gasteiger charge is 2.13. The van der Waals surface area contributed by atoms with Gasteiger partial charge in [0.1, 0.15) is 4.88 Å². The van der Waals surface area contributed by atoms with Crippen LogP contribution in [-0.4, -0.2) is 22.6 Å². The van der Waals surface area contributed by atoms with Crippen molar-refractivity contribution < 1.29 is 9.90 Å². The zero-order chi connectivity index (χ0) is 13.1. The minimum atomic E-state index is -0.928. The molecular weight excluding hydrogens is 292 g/mol. The maximum Gasteiger partial charge on any atom is 0.347 e. The van der Waals surface area contributed by atoms with Crippen LogP contribution < -0.4 is 5.32 Å². The van der Waals surface area contributed by atoms with Gasteiger partial charge in [0.25, 0.3) is 0 Å². The number of thiazole rings is 1. The largest absolute Gasteiger partial charge is 0.477 e. The summed E-state index contributed by atoms with van der Waals surface area (Å²) >= 11 is 8.55. The molecule has 0 fully saturated rings. The molecule has 2 aromatic rings. The summed E-state index contributed by atoms with van der Waals surface area (Å²) in [7, 11) is 0. The monoisotopic (exact) mass is 302 g/mol. The molecule has 96 valence electrons. The second-order valence-corrected chi connectivity index (χ2v) is 6.42. The van der Waals surface area contributed by atoms with Crippen LogP contribution in [0, 0.1) is 6.92 Å². The first-order valence-corrected chi connectivity index (χ1v) is 7.26. The van der Waals surface area contributed by atoms with Crippen molar-refractivity contribution in [3.05, 3.63) is 31.9 Å². The number of thiophene rings is 1. The quantitative estimate of drug-likeness (QED) is 0.887. The molecule has 0 spiro atoms. The van der Waals surface area contributed by atoms with Crippen molar-refractivity contribution in [3.8, 4) is 0 Å². The maximum absolute atomic E-state index is 10.9. The Hall–Kier alpha value is -1.11. The van der Waals surface area contributed by atoms with Gasteiger partial charge in [0.15, 0.2) is 5.13 Å². The minimum Gasteiger partial charge on any atom is -0.477 e. The number of nitrogens with zero attached hydrogens (tertiary/aromatic N) is 1. The summed E-state index contributed by atoms with van der Waals surface area (Å²) < 4.78 is 0.781. The van der Waals surface area contributed by atoms with E-state index in [1.165, 1.54) is 4.88 Å². The van der Waals surface area contributed by atoms with E-state index in [4.69, 9.17) is 16.7 Å². The molecule has 0 saturated carbocycles. The molecule has 2 aromatic heterocycles. The molecule has 2 rings (SSSR count). The van der Waals surface area contributed by atoms with Crippen molar-refractivity contribution in [2.24, 2.45) is 0 Å². The van der Waals surface area contributed by atoms with E-state index < -0.39 is 5.97 Å². The Labute approximate surface area is 117 Å². The molecule has 0 aliphatic carbocycles. The number of rotatable bonds is 5. The number of hydrogen-bond acceptors (Lipinski definition) is 5. The van der Waals surface area contributed by atoms with Crippen LogP contribution in [0.3, 0.4) is 0 Å². The number of aromatic nitrogens is 1. The molecule has 0 bridgehead atoms. The average molecular weight is 303 g/mol. The summed E-state index contributed by atoms with van der Waals surface area (Å²) in [5.74, 6) is -0.928. The third kappa shape index (κ3) is 3.22. The lowest BCUT2D eigenvalue weighted by atomic mass is 10.3. The van der Waals surface area contributed by atoms with Crippen LogP contribution in [0.25, 0.3) is 0 Å². The first-order valence-electron chi connectivity index (χ1n) is 5.25. The molecule has 2 N–H and O–H groups in total. The fraction of sp³-hybridized carbons (Fsp3) is 0.273. The Balaban J connectivity index is 1.90. The molecule has 4 nitrogen and oxygen atoms in total. The van der Waals surface area contributed by atoms with Crippen molar-refractivity contribution in [2.75, 3.05) is 11.9 Å². The zero-order valence-electron chi connectivity index (χ0n) is 9.57. The number of carboxylic acids is 1. The standard InChI is InChI=1S/C11H11ClN2O2S2/c1-6-9(10(15)16)18-11(14-6)13-5-4-7-2-3-8(12)17-7/h2-3H,4-5H2,1H3,(H,13,14)(H,15,16). The Kier molecular flexibility index (Phi) is 4.21. The topological polar surface area (TPSA) is 62.2 Å². The third-order valence-electron chi connectivity index (χ3n) is 2.27. The number of aromatic carboxylic acids is 1. The van der Waals surface area contributed by atoms with Gasteiger partial charge in [-0.05, 0) is 25.5 Å². The number of hydrogen-bond donors (Lipinski definition) is 2.